The molecule has 0 aromatic rings. The molecule has 1 unspecified atom stereocenters. The van der Waals surface area contributed by atoms with E-state index >= 15 is 0 Å². The molecule has 0 radical (unpaired) electrons. The van der Waals surface area contributed by atoms with Crippen molar-refractivity contribution in [3.05, 3.63) is 0 Å². The van der Waals surface area contributed by atoms with E-state index in [1.807, 2.05) is 13.8 Å². The molecule has 1 aliphatic rings. The van der Waals surface area contributed by atoms with E-state index in [0.717, 1.165) is 25.9 Å². The molecule has 0 aliphatic carbocycles. The maximum absolute atomic E-state index is 11.9. The molecule has 0 spiro atoms. The number of carbonyl (C=O) groups excluding carboxylic acids is 2. The highest BCUT2D eigenvalue weighted by molar-refractivity contribution is 5.88. The second kappa shape index (κ2) is 6.59. The number of piperidine rings is 1. The van der Waals surface area contributed by atoms with E-state index in [1.165, 1.54) is 0 Å². The van der Waals surface area contributed by atoms with E-state index in [4.69, 9.17) is 0 Å². The van der Waals surface area contributed by atoms with Gasteiger partial charge in [0.2, 0.25) is 11.8 Å². The quantitative estimate of drug-likeness (QED) is 0.649. The Bertz CT molecular complexity index is 273. The Morgan fingerprint density at radius 3 is 2.24 bits per heavy atom. The second-order valence-corrected chi connectivity index (χ2v) is 4.92. The molecular weight excluding hydrogens is 218 g/mol. The summed E-state index contributed by atoms with van der Waals surface area (Å²) in [6, 6.07) is -0.361. The van der Waals surface area contributed by atoms with Gasteiger partial charge in [0.05, 0.1) is 0 Å². The topological polar surface area (TPSA) is 70.2 Å². The first-order valence-corrected chi connectivity index (χ1v) is 6.32. The van der Waals surface area contributed by atoms with Crippen molar-refractivity contribution in [3.63, 3.8) is 0 Å². The molecule has 5 nitrogen and oxygen atoms in total. The van der Waals surface area contributed by atoms with Gasteiger partial charge in [-0.25, -0.2) is 0 Å². The largest absolute Gasteiger partial charge is 0.352 e. The minimum Gasteiger partial charge on any atom is -0.352 e. The van der Waals surface area contributed by atoms with Crippen molar-refractivity contribution in [2.24, 2.45) is 5.92 Å². The molecule has 5 heteroatoms. The maximum Gasteiger partial charge on any atom is 0.242 e. The molecule has 2 amide bonds. The van der Waals surface area contributed by atoms with Gasteiger partial charge in [-0.1, -0.05) is 0 Å². The predicted octanol–water partition coefficient (Wildman–Crippen LogP) is 0.0153. The molecule has 0 saturated carbocycles. The predicted molar refractivity (Wildman–Crippen MR) is 66.5 cm³/mol. The number of amides is 2. The molecule has 0 aromatic heterocycles. The van der Waals surface area contributed by atoms with Gasteiger partial charge in [0.25, 0.3) is 0 Å². The van der Waals surface area contributed by atoms with E-state index in [2.05, 4.69) is 16.0 Å². The summed E-state index contributed by atoms with van der Waals surface area (Å²) in [6.45, 7) is 7.28. The van der Waals surface area contributed by atoms with E-state index in [1.54, 1.807) is 6.92 Å². The number of carbonyl (C=O) groups is 2. The molecule has 1 fully saturated rings. The van der Waals surface area contributed by atoms with Crippen LogP contribution in [0.15, 0.2) is 0 Å². The lowest BCUT2D eigenvalue weighted by Gasteiger charge is -2.24. The molecular formula is C12H23N3O2. The summed E-state index contributed by atoms with van der Waals surface area (Å²) in [5, 5.41) is 8.77. The normalized spacial score (nSPS) is 18.8. The highest BCUT2D eigenvalue weighted by Gasteiger charge is 2.24. The molecule has 3 N–H and O–H groups in total. The number of hydrogen-bond acceptors (Lipinski definition) is 3. The molecule has 98 valence electrons. The Morgan fingerprint density at radius 1 is 1.12 bits per heavy atom. The van der Waals surface area contributed by atoms with Gasteiger partial charge in [0.1, 0.15) is 6.04 Å². The van der Waals surface area contributed by atoms with E-state index in [0.29, 0.717) is 0 Å². The molecule has 17 heavy (non-hydrogen) atoms. The maximum atomic E-state index is 11.9. The van der Waals surface area contributed by atoms with E-state index in [-0.39, 0.29) is 23.8 Å². The lowest BCUT2D eigenvalue weighted by molar-refractivity contribution is -0.131. The summed E-state index contributed by atoms with van der Waals surface area (Å²) in [5.41, 5.74) is 0. The fraction of sp³-hybridized carbons (Fsp3) is 0.833. The Kier molecular flexibility index (Phi) is 5.41. The van der Waals surface area contributed by atoms with Crippen LogP contribution in [0.5, 0.6) is 0 Å². The molecule has 1 heterocycles. The van der Waals surface area contributed by atoms with Crippen molar-refractivity contribution >= 4 is 11.8 Å². The first-order chi connectivity index (χ1) is 8.00. The summed E-state index contributed by atoms with van der Waals surface area (Å²) < 4.78 is 0. The molecule has 0 bridgehead atoms. The van der Waals surface area contributed by atoms with Crippen molar-refractivity contribution in [2.45, 2.75) is 45.7 Å². The van der Waals surface area contributed by atoms with Gasteiger partial charge in [0.15, 0.2) is 0 Å². The van der Waals surface area contributed by atoms with Crippen molar-refractivity contribution in [1.29, 1.82) is 0 Å². The highest BCUT2D eigenvalue weighted by atomic mass is 16.2. The van der Waals surface area contributed by atoms with E-state index in [9.17, 15) is 9.59 Å². The number of nitrogens with one attached hydrogen (secondary N) is 3. The zero-order valence-corrected chi connectivity index (χ0v) is 10.9. The van der Waals surface area contributed by atoms with Crippen LogP contribution in [0.25, 0.3) is 0 Å². The monoisotopic (exact) mass is 241 g/mol. The fourth-order valence-electron chi connectivity index (χ4n) is 1.89. The molecule has 1 aliphatic heterocycles. The standard InChI is InChI=1S/C12H23N3O2/c1-8(2)14-11(16)9(3)15-12(17)10-4-6-13-7-5-10/h8-10,13H,4-7H2,1-3H3,(H,14,16)(H,15,17). The average molecular weight is 241 g/mol. The van der Waals surface area contributed by atoms with Gasteiger partial charge in [-0.2, -0.15) is 0 Å². The summed E-state index contributed by atoms with van der Waals surface area (Å²) in [7, 11) is 0. The van der Waals surface area contributed by atoms with Crippen molar-refractivity contribution < 1.29 is 9.59 Å². The van der Waals surface area contributed by atoms with Gasteiger partial charge < -0.3 is 16.0 Å². The SMILES string of the molecule is CC(C)NC(=O)C(C)NC(=O)C1CCNCC1. The van der Waals surface area contributed by atoms with Crippen LogP contribution in [-0.2, 0) is 9.59 Å². The van der Waals surface area contributed by atoms with Crippen LogP contribution in [0.4, 0.5) is 0 Å². The van der Waals surface area contributed by atoms with Crippen molar-refractivity contribution in [1.82, 2.24) is 16.0 Å². The first-order valence-electron chi connectivity index (χ1n) is 6.32. The van der Waals surface area contributed by atoms with E-state index < -0.39 is 6.04 Å². The van der Waals surface area contributed by atoms with Crippen LogP contribution < -0.4 is 16.0 Å². The lowest BCUT2D eigenvalue weighted by Crippen LogP contribution is -2.49. The third-order valence-electron chi connectivity index (χ3n) is 2.89. The summed E-state index contributed by atoms with van der Waals surface area (Å²) in [5.74, 6) is -0.0780. The van der Waals surface area contributed by atoms with Crippen molar-refractivity contribution in [2.75, 3.05) is 13.1 Å². The third kappa shape index (κ3) is 4.73. The van der Waals surface area contributed by atoms with Crippen LogP contribution >= 0.6 is 0 Å². The minimum atomic E-state index is -0.459. The Morgan fingerprint density at radius 2 is 1.71 bits per heavy atom. The van der Waals surface area contributed by atoms with Crippen LogP contribution in [0, 0.1) is 5.92 Å². The Hall–Kier alpha value is -1.10. The van der Waals surface area contributed by atoms with Crippen molar-refractivity contribution in [3.8, 4) is 0 Å². The van der Waals surface area contributed by atoms with Gasteiger partial charge in [-0.3, -0.25) is 9.59 Å². The summed E-state index contributed by atoms with van der Waals surface area (Å²) in [4.78, 5) is 23.5. The van der Waals surface area contributed by atoms with Gasteiger partial charge in [-0.05, 0) is 46.7 Å². The summed E-state index contributed by atoms with van der Waals surface area (Å²) >= 11 is 0. The molecule has 1 saturated heterocycles. The average Bonchev–Trinajstić information content (AvgIpc) is 2.29. The zero-order chi connectivity index (χ0) is 12.8. The van der Waals surface area contributed by atoms with Crippen LogP contribution in [0.3, 0.4) is 0 Å². The minimum absolute atomic E-state index is 0.00194. The van der Waals surface area contributed by atoms with Gasteiger partial charge >= 0.3 is 0 Å². The van der Waals surface area contributed by atoms with Gasteiger partial charge in [-0.15, -0.1) is 0 Å². The first kappa shape index (κ1) is 14.0. The van der Waals surface area contributed by atoms with Crippen LogP contribution in [0.2, 0.25) is 0 Å². The van der Waals surface area contributed by atoms with Crippen LogP contribution in [0.1, 0.15) is 33.6 Å². The Balaban J connectivity index is 2.36. The zero-order valence-electron chi connectivity index (χ0n) is 10.9. The highest BCUT2D eigenvalue weighted by Crippen LogP contribution is 2.11. The number of hydrogen-bond donors (Lipinski definition) is 3. The molecule has 0 aromatic carbocycles. The Labute approximate surface area is 103 Å². The molecule has 1 atom stereocenters. The van der Waals surface area contributed by atoms with Gasteiger partial charge in [0, 0.05) is 12.0 Å². The summed E-state index contributed by atoms with van der Waals surface area (Å²) in [6.07, 6.45) is 1.70. The number of rotatable bonds is 4. The third-order valence-corrected chi connectivity index (χ3v) is 2.89. The fourth-order valence-corrected chi connectivity index (χ4v) is 1.89. The smallest absolute Gasteiger partial charge is 0.242 e. The second-order valence-electron chi connectivity index (χ2n) is 4.92. The van der Waals surface area contributed by atoms with Crippen LogP contribution in [-0.4, -0.2) is 37.0 Å². The molecule has 1 rings (SSSR count). The lowest BCUT2D eigenvalue weighted by atomic mass is 9.97.